The second kappa shape index (κ2) is 3.19. The first-order valence-electron chi connectivity index (χ1n) is 3.57. The summed E-state index contributed by atoms with van der Waals surface area (Å²) < 4.78 is 0. The van der Waals surface area contributed by atoms with Crippen LogP contribution in [0, 0.1) is 0 Å². The molecule has 0 atom stereocenters. The molecule has 0 aliphatic heterocycles. The number of aromatic amines is 1. The van der Waals surface area contributed by atoms with E-state index < -0.39 is 0 Å². The number of hydrogen-bond donors (Lipinski definition) is 1. The Morgan fingerprint density at radius 1 is 1.73 bits per heavy atom. The first-order valence-corrected chi connectivity index (χ1v) is 3.57. The van der Waals surface area contributed by atoms with E-state index in [4.69, 9.17) is 0 Å². The van der Waals surface area contributed by atoms with Gasteiger partial charge in [0.05, 0.1) is 11.5 Å². The van der Waals surface area contributed by atoms with Crippen molar-refractivity contribution in [3.63, 3.8) is 0 Å². The third-order valence-corrected chi connectivity index (χ3v) is 1.59. The van der Waals surface area contributed by atoms with E-state index in [0.717, 1.165) is 10.6 Å². The molecule has 1 aromatic heterocycles. The fourth-order valence-electron chi connectivity index (χ4n) is 0.775. The maximum atomic E-state index is 3.86. The molecule has 58 valence electrons. The van der Waals surface area contributed by atoms with Crippen LogP contribution in [0.2, 0.25) is 0 Å². The van der Waals surface area contributed by atoms with Crippen molar-refractivity contribution in [2.24, 2.45) is 0 Å². The summed E-state index contributed by atoms with van der Waals surface area (Å²) in [6, 6.07) is 0. The Morgan fingerprint density at radius 3 is 2.91 bits per heavy atom. The van der Waals surface area contributed by atoms with Crippen molar-refractivity contribution in [1.82, 2.24) is 10.2 Å². The van der Waals surface area contributed by atoms with Gasteiger partial charge in [-0.15, -0.1) is 0 Å². The second-order valence-corrected chi connectivity index (χ2v) is 2.48. The van der Waals surface area contributed by atoms with E-state index in [9.17, 15) is 0 Å². The van der Waals surface area contributed by atoms with Gasteiger partial charge in [0.25, 0.3) is 0 Å². The average Bonchev–Trinajstić information content (AvgIpc) is 2.37. The first kappa shape index (κ1) is 7.79. The molecule has 0 bridgehead atoms. The van der Waals surface area contributed by atoms with Crippen molar-refractivity contribution in [2.45, 2.75) is 13.8 Å². The number of aromatic nitrogens is 2. The van der Waals surface area contributed by atoms with Crippen LogP contribution in [0.4, 0.5) is 0 Å². The van der Waals surface area contributed by atoms with Crippen LogP contribution in [0.15, 0.2) is 17.8 Å². The molecule has 0 spiro atoms. The highest BCUT2D eigenvalue weighted by Gasteiger charge is 1.83. The molecule has 0 unspecified atom stereocenters. The summed E-state index contributed by atoms with van der Waals surface area (Å²) in [4.78, 5) is 0. The monoisotopic (exact) mass is 148 g/mol. The summed E-state index contributed by atoms with van der Waals surface area (Å²) in [5.74, 6) is 0. The molecule has 0 saturated heterocycles. The quantitative estimate of drug-likeness (QED) is 0.619. The summed E-state index contributed by atoms with van der Waals surface area (Å²) >= 11 is 0. The Labute approximate surface area is 65.9 Å². The lowest BCUT2D eigenvalue weighted by atomic mass is 10.2. The second-order valence-electron chi connectivity index (χ2n) is 2.48. The fraction of sp³-hybridized carbons (Fsp3) is 0.222. The van der Waals surface area contributed by atoms with Crippen LogP contribution in [0.5, 0.6) is 0 Å². The molecular formula is C9H12N2. The van der Waals surface area contributed by atoms with E-state index in [1.807, 2.05) is 26.0 Å². The van der Waals surface area contributed by atoms with Gasteiger partial charge in [-0.3, -0.25) is 5.10 Å². The zero-order valence-corrected chi connectivity index (χ0v) is 6.89. The van der Waals surface area contributed by atoms with Crippen LogP contribution in [-0.4, -0.2) is 10.2 Å². The van der Waals surface area contributed by atoms with Gasteiger partial charge in [0.1, 0.15) is 0 Å². The molecule has 2 nitrogen and oxygen atoms in total. The summed E-state index contributed by atoms with van der Waals surface area (Å²) in [7, 11) is 0. The van der Waals surface area contributed by atoms with Gasteiger partial charge in [-0.25, -0.2) is 0 Å². The third-order valence-electron chi connectivity index (χ3n) is 1.59. The lowest BCUT2D eigenvalue weighted by Gasteiger charge is -1.83. The van der Waals surface area contributed by atoms with E-state index in [1.165, 1.54) is 5.57 Å². The maximum Gasteiger partial charge on any atom is 0.0578 e. The standard InChI is InChI=1S/C9H12N2/c1-4-7(2)5-9-6-10-11-8(9)3/h4-6,11H,3H2,1-2H3. The lowest BCUT2D eigenvalue weighted by Crippen LogP contribution is -2.19. The third kappa shape index (κ3) is 1.80. The smallest absolute Gasteiger partial charge is 0.0578 e. The zero-order chi connectivity index (χ0) is 8.27. The minimum atomic E-state index is 0.867. The topological polar surface area (TPSA) is 28.7 Å². The predicted molar refractivity (Wildman–Crippen MR) is 47.3 cm³/mol. The lowest BCUT2D eigenvalue weighted by molar-refractivity contribution is 1.06. The van der Waals surface area contributed by atoms with Crippen LogP contribution in [-0.2, 0) is 0 Å². The summed E-state index contributed by atoms with van der Waals surface area (Å²) in [6.45, 7) is 7.85. The van der Waals surface area contributed by atoms with Gasteiger partial charge in [0.15, 0.2) is 0 Å². The molecule has 1 N–H and O–H groups in total. The van der Waals surface area contributed by atoms with Crippen LogP contribution < -0.4 is 10.6 Å². The highest BCUT2D eigenvalue weighted by molar-refractivity contribution is 5.43. The van der Waals surface area contributed by atoms with Crippen molar-refractivity contribution < 1.29 is 0 Å². The molecule has 0 amide bonds. The van der Waals surface area contributed by atoms with E-state index in [-0.39, 0.29) is 0 Å². The summed E-state index contributed by atoms with van der Waals surface area (Å²) in [6.07, 6.45) is 5.87. The van der Waals surface area contributed by atoms with Gasteiger partial charge in [-0.1, -0.05) is 18.2 Å². The molecule has 0 aliphatic rings. The van der Waals surface area contributed by atoms with Crippen LogP contribution in [0.25, 0.3) is 12.7 Å². The number of H-pyrrole nitrogens is 1. The van der Waals surface area contributed by atoms with Crippen molar-refractivity contribution in [3.05, 3.63) is 28.4 Å². The van der Waals surface area contributed by atoms with E-state index >= 15 is 0 Å². The van der Waals surface area contributed by atoms with Gasteiger partial charge in [-0.2, -0.15) is 5.10 Å². The van der Waals surface area contributed by atoms with E-state index in [2.05, 4.69) is 16.8 Å². The Morgan fingerprint density at radius 2 is 2.45 bits per heavy atom. The Kier molecular flexibility index (Phi) is 2.26. The van der Waals surface area contributed by atoms with Crippen LogP contribution in [0.3, 0.4) is 0 Å². The number of allylic oxidation sites excluding steroid dienone is 2. The zero-order valence-electron chi connectivity index (χ0n) is 6.89. The largest absolute Gasteiger partial charge is 0.278 e. The SMILES string of the molecule is C=c1[nH]ncc1=CC(C)=CC. The van der Waals surface area contributed by atoms with E-state index in [1.54, 1.807) is 6.20 Å². The van der Waals surface area contributed by atoms with Crippen LogP contribution >= 0.6 is 0 Å². The fourth-order valence-corrected chi connectivity index (χ4v) is 0.775. The Balaban J connectivity index is 3.21. The van der Waals surface area contributed by atoms with Gasteiger partial charge < -0.3 is 0 Å². The first-order chi connectivity index (χ1) is 5.24. The number of nitrogens with one attached hydrogen (secondary N) is 1. The Hall–Kier alpha value is -1.31. The molecule has 0 aliphatic carbocycles. The summed E-state index contributed by atoms with van der Waals surface area (Å²) in [5, 5.41) is 8.56. The predicted octanol–water partition coefficient (Wildman–Crippen LogP) is 0.567. The molecule has 11 heavy (non-hydrogen) atoms. The van der Waals surface area contributed by atoms with Crippen molar-refractivity contribution in [1.29, 1.82) is 0 Å². The van der Waals surface area contributed by atoms with Gasteiger partial charge >= 0.3 is 0 Å². The number of nitrogens with zero attached hydrogens (tertiary/aromatic N) is 1. The molecule has 0 fully saturated rings. The van der Waals surface area contributed by atoms with Gasteiger partial charge in [-0.05, 0) is 19.9 Å². The molecule has 1 rings (SSSR count). The molecule has 2 heteroatoms. The normalized spacial score (nSPS) is 14.0. The molecule has 0 radical (unpaired) electrons. The maximum absolute atomic E-state index is 3.86. The highest BCUT2D eigenvalue weighted by Crippen LogP contribution is 1.90. The van der Waals surface area contributed by atoms with Gasteiger partial charge in [0.2, 0.25) is 0 Å². The highest BCUT2D eigenvalue weighted by atomic mass is 15.1. The molecule has 0 saturated carbocycles. The molecule has 0 aromatic carbocycles. The number of hydrogen-bond acceptors (Lipinski definition) is 1. The molecule has 1 aromatic rings. The minimum absolute atomic E-state index is 0.867. The van der Waals surface area contributed by atoms with Gasteiger partial charge in [0, 0.05) is 5.22 Å². The van der Waals surface area contributed by atoms with E-state index in [0.29, 0.717) is 0 Å². The van der Waals surface area contributed by atoms with Crippen molar-refractivity contribution in [2.75, 3.05) is 0 Å². The number of rotatable bonds is 1. The average molecular weight is 148 g/mol. The minimum Gasteiger partial charge on any atom is -0.278 e. The molecular weight excluding hydrogens is 136 g/mol. The van der Waals surface area contributed by atoms with Crippen molar-refractivity contribution >= 4 is 12.7 Å². The molecule has 1 heterocycles. The van der Waals surface area contributed by atoms with Crippen LogP contribution in [0.1, 0.15) is 13.8 Å². The summed E-state index contributed by atoms with van der Waals surface area (Å²) in [5.41, 5.74) is 1.22. The Bertz CT molecular complexity index is 357. The van der Waals surface area contributed by atoms with Crippen molar-refractivity contribution in [3.8, 4) is 0 Å².